The Kier molecular flexibility index (Phi) is 6.01. The second-order valence-corrected chi connectivity index (χ2v) is 8.51. The molecular weight excluding hydrogens is 493 g/mol. The van der Waals surface area contributed by atoms with Crippen LogP contribution in [-0.4, -0.2) is 22.5 Å². The molecular formula is C26H18ClF3N4O2. The number of carbonyl (C=O) groups is 1. The van der Waals surface area contributed by atoms with Gasteiger partial charge in [-0.05, 0) is 66.2 Å². The number of halogens is 4. The second-order valence-electron chi connectivity index (χ2n) is 8.07. The summed E-state index contributed by atoms with van der Waals surface area (Å²) in [6.07, 6.45) is -0.206. The van der Waals surface area contributed by atoms with Crippen LogP contribution in [0.4, 0.5) is 23.7 Å². The molecule has 0 bridgehead atoms. The van der Waals surface area contributed by atoms with Crippen LogP contribution in [0.25, 0.3) is 0 Å². The van der Waals surface area contributed by atoms with E-state index in [1.165, 1.54) is 29.6 Å². The lowest BCUT2D eigenvalue weighted by Crippen LogP contribution is -2.46. The molecule has 1 atom stereocenters. The highest BCUT2D eigenvalue weighted by atomic mass is 35.5. The Labute approximate surface area is 209 Å². The third-order valence-electron chi connectivity index (χ3n) is 5.88. The Morgan fingerprint density at radius 3 is 2.31 bits per heavy atom. The van der Waals surface area contributed by atoms with Crippen molar-refractivity contribution in [1.82, 2.24) is 15.3 Å². The van der Waals surface area contributed by atoms with Crippen LogP contribution in [0.5, 0.6) is 11.5 Å². The number of ether oxygens (including phenoxy) is 1. The van der Waals surface area contributed by atoms with E-state index < -0.39 is 23.3 Å². The van der Waals surface area contributed by atoms with Crippen molar-refractivity contribution < 1.29 is 22.7 Å². The lowest BCUT2D eigenvalue weighted by Gasteiger charge is -2.37. The minimum atomic E-state index is -4.55. The third-order valence-corrected chi connectivity index (χ3v) is 6.13. The van der Waals surface area contributed by atoms with Gasteiger partial charge in [0, 0.05) is 23.1 Å². The van der Waals surface area contributed by atoms with E-state index >= 15 is 0 Å². The number of urea groups is 1. The van der Waals surface area contributed by atoms with Gasteiger partial charge in [0.25, 0.3) is 0 Å². The first kappa shape index (κ1) is 23.6. The summed E-state index contributed by atoms with van der Waals surface area (Å²) in [7, 11) is 0. The van der Waals surface area contributed by atoms with Crippen LogP contribution >= 0.6 is 11.6 Å². The van der Waals surface area contributed by atoms with E-state index in [-0.39, 0.29) is 12.1 Å². The van der Waals surface area contributed by atoms with Gasteiger partial charge in [-0.3, -0.25) is 14.9 Å². The van der Waals surface area contributed by atoms with Crippen LogP contribution < -0.4 is 15.0 Å². The molecule has 1 aliphatic heterocycles. The molecule has 2 amide bonds. The zero-order valence-corrected chi connectivity index (χ0v) is 19.3. The van der Waals surface area contributed by atoms with Crippen molar-refractivity contribution in [2.24, 2.45) is 0 Å². The highest BCUT2D eigenvalue weighted by Gasteiger charge is 2.51. The van der Waals surface area contributed by atoms with Crippen LogP contribution in [0.1, 0.15) is 16.8 Å². The Balaban J connectivity index is 1.58. The molecule has 1 aliphatic rings. The molecule has 0 unspecified atom stereocenters. The van der Waals surface area contributed by atoms with Gasteiger partial charge >= 0.3 is 12.2 Å². The molecule has 0 radical (unpaired) electrons. The Hall–Kier alpha value is -4.11. The molecule has 3 aromatic carbocycles. The predicted molar refractivity (Wildman–Crippen MR) is 128 cm³/mol. The summed E-state index contributed by atoms with van der Waals surface area (Å²) in [4.78, 5) is 23.0. The number of nitrogens with one attached hydrogen (secondary N) is 1. The van der Waals surface area contributed by atoms with Gasteiger partial charge < -0.3 is 10.1 Å². The van der Waals surface area contributed by atoms with E-state index in [9.17, 15) is 18.0 Å². The van der Waals surface area contributed by atoms with Crippen LogP contribution in [0.2, 0.25) is 5.02 Å². The van der Waals surface area contributed by atoms with Gasteiger partial charge in [-0.25, -0.2) is 4.79 Å². The molecule has 10 heteroatoms. The van der Waals surface area contributed by atoms with Gasteiger partial charge in [0.2, 0.25) is 0 Å². The zero-order valence-electron chi connectivity index (χ0n) is 18.5. The molecule has 36 heavy (non-hydrogen) atoms. The average Bonchev–Trinajstić information content (AvgIpc) is 3.24. The highest BCUT2D eigenvalue weighted by Crippen LogP contribution is 2.43. The molecule has 0 spiro atoms. The number of anilines is 1. The lowest BCUT2D eigenvalue weighted by atomic mass is 9.84. The third kappa shape index (κ3) is 4.33. The van der Waals surface area contributed by atoms with E-state index in [0.717, 1.165) is 12.1 Å². The van der Waals surface area contributed by atoms with Gasteiger partial charge in [-0.1, -0.05) is 23.7 Å². The van der Waals surface area contributed by atoms with Crippen molar-refractivity contribution in [3.63, 3.8) is 0 Å². The van der Waals surface area contributed by atoms with E-state index in [2.05, 4.69) is 15.3 Å². The zero-order chi connectivity index (χ0) is 25.3. The minimum Gasteiger partial charge on any atom is -0.457 e. The molecule has 6 nitrogen and oxygen atoms in total. The van der Waals surface area contributed by atoms with Crippen molar-refractivity contribution >= 4 is 23.3 Å². The number of rotatable bonds is 5. The Morgan fingerprint density at radius 1 is 0.972 bits per heavy atom. The fraction of sp³-hybridized carbons (Fsp3) is 0.115. The number of amides is 2. The van der Waals surface area contributed by atoms with Crippen molar-refractivity contribution in [1.29, 1.82) is 0 Å². The van der Waals surface area contributed by atoms with Crippen LogP contribution in [0, 0.1) is 0 Å². The molecule has 0 aliphatic carbocycles. The maximum atomic E-state index is 13.6. The molecule has 0 saturated carbocycles. The van der Waals surface area contributed by atoms with Crippen molar-refractivity contribution in [3.8, 4) is 11.5 Å². The van der Waals surface area contributed by atoms with Crippen molar-refractivity contribution in [2.75, 3.05) is 11.4 Å². The highest BCUT2D eigenvalue weighted by molar-refractivity contribution is 6.30. The van der Waals surface area contributed by atoms with Gasteiger partial charge in [-0.2, -0.15) is 13.2 Å². The van der Waals surface area contributed by atoms with Gasteiger partial charge in [0.1, 0.15) is 17.0 Å². The monoisotopic (exact) mass is 510 g/mol. The van der Waals surface area contributed by atoms with Gasteiger partial charge in [0.15, 0.2) is 0 Å². The first-order chi connectivity index (χ1) is 17.3. The molecule has 1 aromatic heterocycles. The number of benzene rings is 3. The summed E-state index contributed by atoms with van der Waals surface area (Å²) in [5.74, 6) is 1.08. The SMILES string of the molecule is O=C1NC[C@@](c2cccc(C(F)(F)F)c2)(c2cnccn2)N1c1ccc(Oc2ccc(Cl)cc2)cc1. The molecule has 1 N–H and O–H groups in total. The molecule has 2 heterocycles. The summed E-state index contributed by atoms with van der Waals surface area (Å²) in [5, 5.41) is 3.34. The lowest BCUT2D eigenvalue weighted by molar-refractivity contribution is -0.137. The smallest absolute Gasteiger partial charge is 0.416 e. The van der Waals surface area contributed by atoms with Crippen molar-refractivity contribution in [3.05, 3.63) is 113 Å². The number of nitrogens with zero attached hydrogens (tertiary/aromatic N) is 3. The molecule has 182 valence electrons. The van der Waals surface area contributed by atoms with Crippen LogP contribution in [0.3, 0.4) is 0 Å². The number of carbonyl (C=O) groups excluding carboxylic acids is 1. The standard InChI is InChI=1S/C26H18ClF3N4O2/c27-19-4-8-21(9-5-19)36-22-10-6-20(7-11-22)34-24(35)33-16-25(34,23-15-31-12-13-32-23)17-2-1-3-18(14-17)26(28,29)30/h1-15H,16H2,(H,33,35)/t25-/m1/s1. The summed E-state index contributed by atoms with van der Waals surface area (Å²) < 4.78 is 46.6. The van der Waals surface area contributed by atoms with E-state index in [1.807, 2.05) is 0 Å². The topological polar surface area (TPSA) is 67.4 Å². The van der Waals surface area contributed by atoms with Gasteiger partial charge in [-0.15, -0.1) is 0 Å². The summed E-state index contributed by atoms with van der Waals surface area (Å²) in [6.45, 7) is -0.00510. The summed E-state index contributed by atoms with van der Waals surface area (Å²) in [5.41, 5.74) is -1.18. The van der Waals surface area contributed by atoms with Gasteiger partial charge in [0.05, 0.1) is 24.0 Å². The first-order valence-corrected chi connectivity index (χ1v) is 11.2. The maximum Gasteiger partial charge on any atom is 0.416 e. The van der Waals surface area contributed by atoms with Crippen molar-refractivity contribution in [2.45, 2.75) is 11.7 Å². The fourth-order valence-corrected chi connectivity index (χ4v) is 4.35. The molecule has 5 rings (SSSR count). The minimum absolute atomic E-state index is 0.00510. The number of hydrogen-bond acceptors (Lipinski definition) is 4. The van der Waals surface area contributed by atoms with Crippen LogP contribution in [-0.2, 0) is 11.7 Å². The normalized spacial score (nSPS) is 17.7. The average molecular weight is 511 g/mol. The molecule has 4 aromatic rings. The Bertz CT molecular complexity index is 1380. The van der Waals surface area contributed by atoms with E-state index in [1.54, 1.807) is 54.6 Å². The largest absolute Gasteiger partial charge is 0.457 e. The molecule has 1 saturated heterocycles. The summed E-state index contributed by atoms with van der Waals surface area (Å²) in [6, 6.07) is 17.9. The van der Waals surface area contributed by atoms with Crippen LogP contribution in [0.15, 0.2) is 91.4 Å². The quantitative estimate of drug-likeness (QED) is 0.337. The molecule has 1 fully saturated rings. The predicted octanol–water partition coefficient (Wildman–Crippen LogP) is 6.41. The van der Waals surface area contributed by atoms with E-state index in [4.69, 9.17) is 16.3 Å². The number of alkyl halides is 3. The number of hydrogen-bond donors (Lipinski definition) is 1. The Morgan fingerprint density at radius 2 is 1.67 bits per heavy atom. The fourth-order valence-electron chi connectivity index (χ4n) is 4.22. The maximum absolute atomic E-state index is 13.6. The summed E-state index contributed by atoms with van der Waals surface area (Å²) >= 11 is 5.91. The number of aromatic nitrogens is 2. The second kappa shape index (κ2) is 9.16. The van der Waals surface area contributed by atoms with E-state index in [0.29, 0.717) is 27.9 Å². The first-order valence-electron chi connectivity index (χ1n) is 10.8.